The van der Waals surface area contributed by atoms with Gasteiger partial charge < -0.3 is 32.1 Å². The number of esters is 1. The molecule has 0 aliphatic heterocycles. The van der Waals surface area contributed by atoms with Gasteiger partial charge in [0.1, 0.15) is 29.3 Å². The summed E-state index contributed by atoms with van der Waals surface area (Å²) in [4.78, 5) is 12.3. The average Bonchev–Trinajstić information content (AvgIpc) is 3.04. The highest BCUT2D eigenvalue weighted by Crippen LogP contribution is 2.38. The molecule has 0 saturated heterocycles. The van der Waals surface area contributed by atoms with Gasteiger partial charge in [0.2, 0.25) is 0 Å². The Hall–Kier alpha value is -3.28. The van der Waals surface area contributed by atoms with Gasteiger partial charge in [-0.1, -0.05) is 12.1 Å². The maximum atomic E-state index is 12.3. The highest BCUT2D eigenvalue weighted by atomic mass is 32.3. The van der Waals surface area contributed by atoms with E-state index >= 15 is 0 Å². The van der Waals surface area contributed by atoms with Crippen LogP contribution in [0.15, 0.2) is 40.8 Å². The van der Waals surface area contributed by atoms with Crippen LogP contribution in [0.1, 0.15) is 28.6 Å². The SMILES string of the molecule is CCOC(=O)c1c(C)oc2cc(OCc3cccc(OCOC)c3)c(OS(=O)(=O)[O-])cc12. The number of benzene rings is 2. The first-order chi connectivity index (χ1) is 15.2. The Morgan fingerprint density at radius 2 is 1.91 bits per heavy atom. The highest BCUT2D eigenvalue weighted by molar-refractivity contribution is 7.81. The smallest absolute Gasteiger partial charge is 0.342 e. The number of fused-ring (bicyclic) bond motifs is 1. The van der Waals surface area contributed by atoms with E-state index in [0.29, 0.717) is 11.3 Å². The van der Waals surface area contributed by atoms with Gasteiger partial charge in [-0.15, -0.1) is 0 Å². The summed E-state index contributed by atoms with van der Waals surface area (Å²) in [5, 5.41) is 0.224. The third kappa shape index (κ3) is 5.69. The number of methoxy groups -OCH3 is 1. The first-order valence-electron chi connectivity index (χ1n) is 9.45. The number of furan rings is 1. The van der Waals surface area contributed by atoms with Crippen LogP contribution >= 0.6 is 0 Å². The topological polar surface area (TPSA) is 134 Å². The minimum atomic E-state index is -5.12. The fourth-order valence-electron chi connectivity index (χ4n) is 2.98. The predicted octanol–water partition coefficient (Wildman–Crippen LogP) is 3.32. The molecule has 3 aromatic rings. The van der Waals surface area contributed by atoms with Crippen molar-refractivity contribution >= 4 is 27.3 Å². The van der Waals surface area contributed by atoms with E-state index in [2.05, 4.69) is 4.18 Å². The van der Waals surface area contributed by atoms with Gasteiger partial charge in [0.15, 0.2) is 18.3 Å². The van der Waals surface area contributed by atoms with Crippen molar-refractivity contribution in [3.05, 3.63) is 53.3 Å². The van der Waals surface area contributed by atoms with Gasteiger partial charge >= 0.3 is 5.97 Å². The van der Waals surface area contributed by atoms with Gasteiger partial charge in [-0.3, -0.25) is 0 Å². The van der Waals surface area contributed by atoms with Crippen molar-refractivity contribution in [2.75, 3.05) is 20.5 Å². The number of rotatable bonds is 10. The number of hydrogen-bond donors (Lipinski definition) is 0. The lowest BCUT2D eigenvalue weighted by Crippen LogP contribution is -2.09. The largest absolute Gasteiger partial charge is 0.716 e. The molecule has 0 N–H and O–H groups in total. The van der Waals surface area contributed by atoms with E-state index < -0.39 is 16.4 Å². The second-order valence-corrected chi connectivity index (χ2v) is 7.51. The lowest BCUT2D eigenvalue weighted by Gasteiger charge is -2.15. The fraction of sp³-hybridized carbons (Fsp3) is 0.286. The molecule has 1 aromatic heterocycles. The Labute approximate surface area is 184 Å². The maximum absolute atomic E-state index is 12.3. The van der Waals surface area contributed by atoms with Gasteiger partial charge in [0, 0.05) is 18.6 Å². The highest BCUT2D eigenvalue weighted by Gasteiger charge is 2.23. The standard InChI is InChI=1S/C21H22O10S/c1-4-27-21(22)20-13(2)30-17-10-18(19(9-16(17)20)31-32(23,24)25)28-11-14-6-5-7-15(8-14)29-12-26-3/h5-10H,4,11-12H2,1-3H3,(H,23,24,25)/p-1. The molecule has 1 heterocycles. The first-order valence-corrected chi connectivity index (χ1v) is 10.8. The monoisotopic (exact) mass is 465 g/mol. The Kier molecular flexibility index (Phi) is 7.23. The molecule has 3 rings (SSSR count). The normalized spacial score (nSPS) is 11.4. The van der Waals surface area contributed by atoms with Crippen molar-refractivity contribution in [3.8, 4) is 17.2 Å². The quantitative estimate of drug-likeness (QED) is 0.190. The van der Waals surface area contributed by atoms with Gasteiger partial charge in [-0.25, -0.2) is 13.2 Å². The zero-order chi connectivity index (χ0) is 23.3. The lowest BCUT2D eigenvalue weighted by atomic mass is 10.1. The molecule has 0 amide bonds. The maximum Gasteiger partial charge on any atom is 0.342 e. The fourth-order valence-corrected chi connectivity index (χ4v) is 3.33. The summed E-state index contributed by atoms with van der Waals surface area (Å²) in [6.07, 6.45) is 0. The summed E-state index contributed by atoms with van der Waals surface area (Å²) in [5.74, 6) is -0.298. The number of aryl methyl sites for hydroxylation is 1. The van der Waals surface area contributed by atoms with E-state index in [4.69, 9.17) is 23.4 Å². The number of carbonyl (C=O) groups excluding carboxylic acids is 1. The Morgan fingerprint density at radius 3 is 2.59 bits per heavy atom. The van der Waals surface area contributed by atoms with Crippen LogP contribution in [-0.2, 0) is 26.5 Å². The molecule has 0 unspecified atom stereocenters. The van der Waals surface area contributed by atoms with E-state index in [1.165, 1.54) is 19.2 Å². The van der Waals surface area contributed by atoms with Crippen molar-refractivity contribution in [1.29, 1.82) is 0 Å². The summed E-state index contributed by atoms with van der Waals surface area (Å²) >= 11 is 0. The Bertz CT molecular complexity index is 1210. The molecule has 0 spiro atoms. The van der Waals surface area contributed by atoms with Gasteiger partial charge in [-0.05, 0) is 37.6 Å². The molecule has 0 radical (unpaired) electrons. The van der Waals surface area contributed by atoms with Crippen molar-refractivity contribution < 1.29 is 45.3 Å². The number of hydrogen-bond acceptors (Lipinski definition) is 10. The molecule has 0 aliphatic rings. The molecular weight excluding hydrogens is 444 g/mol. The minimum Gasteiger partial charge on any atom is -0.716 e. The number of carbonyl (C=O) groups is 1. The molecule has 10 nitrogen and oxygen atoms in total. The van der Waals surface area contributed by atoms with Gasteiger partial charge in [0.05, 0.1) is 6.61 Å². The van der Waals surface area contributed by atoms with E-state index in [1.54, 1.807) is 38.1 Å². The third-order valence-corrected chi connectivity index (χ3v) is 4.62. The van der Waals surface area contributed by atoms with Crippen LogP contribution in [0.3, 0.4) is 0 Å². The van der Waals surface area contributed by atoms with E-state index in [0.717, 1.165) is 0 Å². The van der Waals surface area contributed by atoms with Crippen LogP contribution in [0.25, 0.3) is 11.0 Å². The lowest BCUT2D eigenvalue weighted by molar-refractivity contribution is 0.0509. The molecule has 32 heavy (non-hydrogen) atoms. The zero-order valence-electron chi connectivity index (χ0n) is 17.6. The van der Waals surface area contributed by atoms with Gasteiger partial charge in [-0.2, -0.15) is 0 Å². The van der Waals surface area contributed by atoms with E-state index in [-0.39, 0.29) is 53.8 Å². The molecule has 172 valence electrons. The molecule has 11 heteroatoms. The molecule has 0 bridgehead atoms. The van der Waals surface area contributed by atoms with Crippen LogP contribution in [0.4, 0.5) is 0 Å². The van der Waals surface area contributed by atoms with Gasteiger partial charge in [0.25, 0.3) is 10.4 Å². The predicted molar refractivity (Wildman–Crippen MR) is 111 cm³/mol. The Balaban J connectivity index is 1.96. The average molecular weight is 465 g/mol. The van der Waals surface area contributed by atoms with Crippen LogP contribution in [0.2, 0.25) is 0 Å². The zero-order valence-corrected chi connectivity index (χ0v) is 18.4. The Morgan fingerprint density at radius 1 is 1.12 bits per heavy atom. The molecule has 0 saturated carbocycles. The molecule has 2 aromatic carbocycles. The van der Waals surface area contributed by atoms with Crippen LogP contribution in [0.5, 0.6) is 17.2 Å². The third-order valence-electron chi connectivity index (χ3n) is 4.24. The first kappa shape index (κ1) is 23.4. The van der Waals surface area contributed by atoms with Crippen molar-refractivity contribution in [2.24, 2.45) is 0 Å². The van der Waals surface area contributed by atoms with Crippen LogP contribution in [0, 0.1) is 6.92 Å². The molecule has 0 fully saturated rings. The van der Waals surface area contributed by atoms with Crippen molar-refractivity contribution in [3.63, 3.8) is 0 Å². The molecular formula is C21H21O10S-. The summed E-state index contributed by atoms with van der Waals surface area (Å²) in [5.41, 5.74) is 1.02. The molecule has 0 aliphatic carbocycles. The second-order valence-electron chi connectivity index (χ2n) is 6.53. The minimum absolute atomic E-state index is 0.00459. The van der Waals surface area contributed by atoms with Crippen LogP contribution in [-0.4, -0.2) is 39.4 Å². The second kappa shape index (κ2) is 9.90. The summed E-state index contributed by atoms with van der Waals surface area (Å²) in [6.45, 7) is 3.41. The summed E-state index contributed by atoms with van der Waals surface area (Å²) < 4.78 is 64.9. The van der Waals surface area contributed by atoms with Crippen molar-refractivity contribution in [2.45, 2.75) is 20.5 Å². The van der Waals surface area contributed by atoms with E-state index in [9.17, 15) is 17.8 Å². The molecule has 0 atom stereocenters. The number of ether oxygens (including phenoxy) is 4. The summed E-state index contributed by atoms with van der Waals surface area (Å²) in [7, 11) is -3.62. The summed E-state index contributed by atoms with van der Waals surface area (Å²) in [6, 6.07) is 9.48. The van der Waals surface area contributed by atoms with E-state index in [1.807, 2.05) is 0 Å². The van der Waals surface area contributed by atoms with Crippen LogP contribution < -0.4 is 13.7 Å². The van der Waals surface area contributed by atoms with Crippen molar-refractivity contribution in [1.82, 2.24) is 0 Å².